The number of carbonyl (C=O) groups is 3. The van der Waals surface area contributed by atoms with E-state index in [4.69, 9.17) is 31.5 Å². The second-order valence-electron chi connectivity index (χ2n) is 7.03. The number of halogens is 1. The molecule has 10 heteroatoms. The van der Waals surface area contributed by atoms with Crippen molar-refractivity contribution in [2.45, 2.75) is 19.8 Å². The van der Waals surface area contributed by atoms with E-state index >= 15 is 0 Å². The number of methoxy groups -OCH3 is 1. The van der Waals surface area contributed by atoms with Crippen molar-refractivity contribution in [2.75, 3.05) is 40.0 Å². The molecule has 0 aliphatic carbocycles. The van der Waals surface area contributed by atoms with E-state index in [2.05, 4.69) is 10.3 Å². The van der Waals surface area contributed by atoms with Gasteiger partial charge in [-0.3, -0.25) is 14.6 Å². The number of nitrogens with one attached hydrogen (secondary N) is 1. The van der Waals surface area contributed by atoms with Crippen LogP contribution in [0.2, 0.25) is 5.02 Å². The zero-order chi connectivity index (χ0) is 23.7. The van der Waals surface area contributed by atoms with E-state index in [0.717, 1.165) is 0 Å². The average molecular weight is 466 g/mol. The molecule has 0 saturated heterocycles. The summed E-state index contributed by atoms with van der Waals surface area (Å²) >= 11 is 6.46. The van der Waals surface area contributed by atoms with Crippen LogP contribution in [0, 0.1) is 5.92 Å². The summed E-state index contributed by atoms with van der Waals surface area (Å²) in [6.07, 6.45) is 0. The SMILES string of the molecule is CCOC(=O)C1=C(COCCNCC(N)=O)N=C(C)C(C(=O)OC)C1c1ccccc1Cl. The van der Waals surface area contributed by atoms with E-state index in [-0.39, 0.29) is 31.9 Å². The van der Waals surface area contributed by atoms with Crippen LogP contribution in [0.15, 0.2) is 40.5 Å². The number of benzene rings is 1. The minimum Gasteiger partial charge on any atom is -0.468 e. The molecule has 3 N–H and O–H groups in total. The molecular formula is C22H28ClN3O6. The molecule has 1 aromatic rings. The molecule has 32 heavy (non-hydrogen) atoms. The Morgan fingerprint density at radius 3 is 2.59 bits per heavy atom. The molecule has 2 atom stereocenters. The van der Waals surface area contributed by atoms with Gasteiger partial charge in [0.1, 0.15) is 5.92 Å². The summed E-state index contributed by atoms with van der Waals surface area (Å²) in [7, 11) is 1.28. The first-order chi connectivity index (χ1) is 15.3. The van der Waals surface area contributed by atoms with Gasteiger partial charge in [-0.1, -0.05) is 29.8 Å². The Morgan fingerprint density at radius 2 is 1.97 bits per heavy atom. The summed E-state index contributed by atoms with van der Waals surface area (Å²) in [6, 6.07) is 6.99. The fourth-order valence-corrected chi connectivity index (χ4v) is 3.77. The van der Waals surface area contributed by atoms with Crippen LogP contribution in [0.25, 0.3) is 0 Å². The summed E-state index contributed by atoms with van der Waals surface area (Å²) in [5.74, 6) is -3.21. The minimum atomic E-state index is -0.847. The monoisotopic (exact) mass is 465 g/mol. The number of nitrogens with two attached hydrogens (primary N) is 1. The van der Waals surface area contributed by atoms with E-state index in [1.807, 2.05) is 0 Å². The van der Waals surface area contributed by atoms with Gasteiger partial charge < -0.3 is 25.3 Å². The quantitative estimate of drug-likeness (QED) is 0.375. The molecular weight excluding hydrogens is 438 g/mol. The molecule has 1 heterocycles. The first kappa shape index (κ1) is 25.5. The van der Waals surface area contributed by atoms with Crippen molar-refractivity contribution < 1.29 is 28.6 Å². The van der Waals surface area contributed by atoms with Gasteiger partial charge in [-0.2, -0.15) is 0 Å². The zero-order valence-electron chi connectivity index (χ0n) is 18.4. The van der Waals surface area contributed by atoms with E-state index in [1.54, 1.807) is 38.1 Å². The number of hydrogen-bond acceptors (Lipinski definition) is 8. The molecule has 2 unspecified atom stereocenters. The molecule has 2 rings (SSSR count). The Balaban J connectivity index is 2.44. The number of carbonyl (C=O) groups excluding carboxylic acids is 3. The third-order valence-electron chi connectivity index (χ3n) is 4.87. The van der Waals surface area contributed by atoms with E-state index in [9.17, 15) is 14.4 Å². The van der Waals surface area contributed by atoms with Crippen molar-refractivity contribution in [1.82, 2.24) is 5.32 Å². The number of aliphatic imine (C=N–C) groups is 1. The van der Waals surface area contributed by atoms with E-state index in [0.29, 0.717) is 28.5 Å². The highest BCUT2D eigenvalue weighted by Gasteiger charge is 2.43. The lowest BCUT2D eigenvalue weighted by Gasteiger charge is -2.32. The fourth-order valence-electron chi connectivity index (χ4n) is 3.51. The Morgan fingerprint density at radius 1 is 1.25 bits per heavy atom. The Labute approximate surface area is 191 Å². The fraction of sp³-hybridized carbons (Fsp3) is 0.455. The molecule has 174 valence electrons. The van der Waals surface area contributed by atoms with Crippen LogP contribution < -0.4 is 11.1 Å². The topological polar surface area (TPSA) is 129 Å². The molecule has 0 fully saturated rings. The smallest absolute Gasteiger partial charge is 0.336 e. The second kappa shape index (κ2) is 12.3. The lowest BCUT2D eigenvalue weighted by molar-refractivity contribution is -0.144. The van der Waals surface area contributed by atoms with Gasteiger partial charge in [-0.05, 0) is 25.5 Å². The van der Waals surface area contributed by atoms with Crippen LogP contribution >= 0.6 is 11.6 Å². The van der Waals surface area contributed by atoms with Gasteiger partial charge in [0.2, 0.25) is 5.91 Å². The highest BCUT2D eigenvalue weighted by molar-refractivity contribution is 6.31. The lowest BCUT2D eigenvalue weighted by atomic mass is 9.75. The first-order valence-electron chi connectivity index (χ1n) is 10.2. The van der Waals surface area contributed by atoms with Gasteiger partial charge in [-0.15, -0.1) is 0 Å². The largest absolute Gasteiger partial charge is 0.468 e. The third-order valence-corrected chi connectivity index (χ3v) is 5.21. The van der Waals surface area contributed by atoms with Crippen molar-refractivity contribution >= 4 is 35.2 Å². The number of primary amides is 1. The standard InChI is InChI=1S/C22H28ClN3O6/c1-4-32-22(29)20-16(12-31-10-9-25-11-17(24)27)26-13(2)18(21(28)30-3)19(20)14-7-5-6-8-15(14)23/h5-8,18-19,25H,4,9-12H2,1-3H3,(H2,24,27). The van der Waals surface area contributed by atoms with Crippen LogP contribution in [0.3, 0.4) is 0 Å². The maximum Gasteiger partial charge on any atom is 0.336 e. The van der Waals surface area contributed by atoms with Crippen LogP contribution in [0.4, 0.5) is 0 Å². The maximum atomic E-state index is 13.0. The van der Waals surface area contributed by atoms with Gasteiger partial charge in [0.15, 0.2) is 0 Å². The van der Waals surface area contributed by atoms with Gasteiger partial charge in [0.05, 0.1) is 44.7 Å². The number of nitrogens with zero attached hydrogens (tertiary/aromatic N) is 1. The van der Waals surface area contributed by atoms with Gasteiger partial charge in [0.25, 0.3) is 0 Å². The lowest BCUT2D eigenvalue weighted by Crippen LogP contribution is -2.37. The number of hydrogen-bond donors (Lipinski definition) is 2. The maximum absolute atomic E-state index is 13.0. The average Bonchev–Trinajstić information content (AvgIpc) is 2.75. The molecule has 0 saturated carbocycles. The van der Waals surface area contributed by atoms with Crippen molar-refractivity contribution in [3.05, 3.63) is 46.1 Å². The van der Waals surface area contributed by atoms with Crippen LogP contribution in [-0.2, 0) is 28.6 Å². The minimum absolute atomic E-state index is 0.00140. The molecule has 0 spiro atoms. The van der Waals surface area contributed by atoms with Crippen LogP contribution in [-0.4, -0.2) is 63.6 Å². The summed E-state index contributed by atoms with van der Waals surface area (Å²) < 4.78 is 16.0. The predicted octanol–water partition coefficient (Wildman–Crippen LogP) is 1.60. The summed E-state index contributed by atoms with van der Waals surface area (Å²) in [6.45, 7) is 4.20. The Kier molecular flexibility index (Phi) is 9.83. The molecule has 9 nitrogen and oxygen atoms in total. The second-order valence-corrected chi connectivity index (χ2v) is 7.44. The Bertz CT molecular complexity index is 915. The van der Waals surface area contributed by atoms with Crippen LogP contribution in [0.1, 0.15) is 25.3 Å². The molecule has 0 aromatic heterocycles. The number of ether oxygens (including phenoxy) is 3. The molecule has 1 amide bonds. The van der Waals surface area contributed by atoms with E-state index in [1.165, 1.54) is 7.11 Å². The molecule has 0 radical (unpaired) electrons. The van der Waals surface area contributed by atoms with Crippen molar-refractivity contribution in [2.24, 2.45) is 16.6 Å². The van der Waals surface area contributed by atoms with Crippen molar-refractivity contribution in [1.29, 1.82) is 0 Å². The van der Waals surface area contributed by atoms with E-state index < -0.39 is 29.7 Å². The van der Waals surface area contributed by atoms with Gasteiger partial charge >= 0.3 is 11.9 Å². The number of esters is 2. The highest BCUT2D eigenvalue weighted by Crippen LogP contribution is 2.42. The molecule has 1 aliphatic rings. The number of amides is 1. The van der Waals surface area contributed by atoms with Crippen molar-refractivity contribution in [3.8, 4) is 0 Å². The first-order valence-corrected chi connectivity index (χ1v) is 10.5. The zero-order valence-corrected chi connectivity index (χ0v) is 19.1. The van der Waals surface area contributed by atoms with Gasteiger partial charge in [0, 0.05) is 23.2 Å². The number of rotatable bonds is 11. The molecule has 1 aliphatic heterocycles. The normalized spacial score (nSPS) is 18.2. The highest BCUT2D eigenvalue weighted by atomic mass is 35.5. The summed E-state index contributed by atoms with van der Waals surface area (Å²) in [5, 5.41) is 3.24. The van der Waals surface area contributed by atoms with Crippen molar-refractivity contribution in [3.63, 3.8) is 0 Å². The Hall–Kier alpha value is -2.75. The predicted molar refractivity (Wildman–Crippen MR) is 119 cm³/mol. The van der Waals surface area contributed by atoms with Gasteiger partial charge in [-0.25, -0.2) is 4.79 Å². The van der Waals surface area contributed by atoms with Crippen LogP contribution in [0.5, 0.6) is 0 Å². The summed E-state index contributed by atoms with van der Waals surface area (Å²) in [4.78, 5) is 41.0. The summed E-state index contributed by atoms with van der Waals surface area (Å²) in [5.41, 5.74) is 6.69. The molecule has 0 bridgehead atoms. The molecule has 1 aromatic carbocycles. The third kappa shape index (κ3) is 6.38.